The molecule has 1 aliphatic heterocycles. The average Bonchev–Trinajstić information content (AvgIpc) is 3.08. The van der Waals surface area contributed by atoms with Crippen molar-refractivity contribution in [3.63, 3.8) is 0 Å². The van der Waals surface area contributed by atoms with Crippen LogP contribution in [-0.4, -0.2) is 101 Å². The third-order valence-electron chi connectivity index (χ3n) is 8.39. The van der Waals surface area contributed by atoms with E-state index in [2.05, 4.69) is 16.0 Å². The number of piperidine rings is 1. The molecule has 0 bridgehead atoms. The van der Waals surface area contributed by atoms with Crippen LogP contribution in [0.3, 0.4) is 0 Å². The predicted molar refractivity (Wildman–Crippen MR) is 180 cm³/mol. The fraction of sp³-hybridized carbons (Fsp3) is 0.486. The van der Waals surface area contributed by atoms with Crippen molar-refractivity contribution in [3.8, 4) is 5.75 Å². The molecule has 0 aliphatic carbocycles. The van der Waals surface area contributed by atoms with Crippen LogP contribution in [0.15, 0.2) is 54.6 Å². The van der Waals surface area contributed by atoms with Crippen LogP contribution in [0.2, 0.25) is 0 Å². The highest BCUT2D eigenvalue weighted by molar-refractivity contribution is 5.93. The molecule has 2 aromatic rings. The van der Waals surface area contributed by atoms with Gasteiger partial charge in [-0.1, -0.05) is 48.5 Å². The number of nitrogens with one attached hydrogen (secondary N) is 3. The summed E-state index contributed by atoms with van der Waals surface area (Å²) in [6.45, 7) is 3.26. The van der Waals surface area contributed by atoms with E-state index in [-0.39, 0.29) is 32.2 Å². The second kappa shape index (κ2) is 19.2. The lowest BCUT2D eigenvalue weighted by molar-refractivity contribution is -0.149. The maximum atomic E-state index is 13.8. The maximum Gasteiger partial charge on any atom is 0.326 e. The van der Waals surface area contributed by atoms with Gasteiger partial charge in [-0.3, -0.25) is 24.0 Å². The Morgan fingerprint density at radius 2 is 1.64 bits per heavy atom. The molecule has 1 aliphatic rings. The van der Waals surface area contributed by atoms with Gasteiger partial charge in [-0.15, -0.1) is 0 Å². The highest BCUT2D eigenvalue weighted by atomic mass is 16.5. The van der Waals surface area contributed by atoms with Crippen molar-refractivity contribution in [1.29, 1.82) is 0 Å². The second-order valence-corrected chi connectivity index (χ2v) is 12.3. The molecule has 0 aromatic heterocycles. The van der Waals surface area contributed by atoms with Crippen molar-refractivity contribution in [2.24, 2.45) is 5.73 Å². The second-order valence-electron chi connectivity index (χ2n) is 12.3. The molecule has 1 fully saturated rings. The Labute approximate surface area is 290 Å². The van der Waals surface area contributed by atoms with Crippen LogP contribution in [-0.2, 0) is 46.5 Å². The molecule has 15 nitrogen and oxygen atoms in total. The number of hydrogen-bond acceptors (Lipinski definition) is 9. The SMILES string of the molecule is CO[C@H]1CCCN(C(=O)[C@@H](NC(=O)[C@H](C)NC(=O)Cc2ccccc2OCc2ccccc2)[C@H](C)O)[C@H]1CC(=O)N[C@@H](CCC(N)=O)C(=O)O. The first-order valence-corrected chi connectivity index (χ1v) is 16.5. The number of aliphatic hydroxyl groups is 1. The molecule has 272 valence electrons. The number of hydrogen-bond donors (Lipinski definition) is 6. The first-order valence-electron chi connectivity index (χ1n) is 16.5. The van der Waals surface area contributed by atoms with Crippen LogP contribution in [0.1, 0.15) is 57.1 Å². The van der Waals surface area contributed by atoms with E-state index in [1.54, 1.807) is 24.3 Å². The van der Waals surface area contributed by atoms with Crippen molar-refractivity contribution in [1.82, 2.24) is 20.9 Å². The van der Waals surface area contributed by atoms with Crippen molar-refractivity contribution in [2.45, 2.75) is 95.4 Å². The molecule has 0 spiro atoms. The van der Waals surface area contributed by atoms with Crippen LogP contribution < -0.4 is 26.4 Å². The van der Waals surface area contributed by atoms with Gasteiger partial charge in [-0.25, -0.2) is 4.79 Å². The molecule has 7 N–H and O–H groups in total. The summed E-state index contributed by atoms with van der Waals surface area (Å²) in [5.74, 6) is -4.12. The van der Waals surface area contributed by atoms with Crippen LogP contribution >= 0.6 is 0 Å². The Hall–Kier alpha value is -5.02. The van der Waals surface area contributed by atoms with E-state index in [0.717, 1.165) is 5.56 Å². The number of benzene rings is 2. The number of carboxylic acids is 1. The number of ether oxygens (including phenoxy) is 2. The lowest BCUT2D eigenvalue weighted by Crippen LogP contribution is -2.62. The number of nitrogens with two attached hydrogens (primary N) is 1. The molecule has 15 heteroatoms. The minimum Gasteiger partial charge on any atom is -0.489 e. The number of para-hydroxylation sites is 1. The molecule has 0 radical (unpaired) electrons. The topological polar surface area (TPSA) is 227 Å². The van der Waals surface area contributed by atoms with Crippen molar-refractivity contribution >= 4 is 35.5 Å². The molecular weight excluding hydrogens is 650 g/mol. The Kier molecular flexibility index (Phi) is 15.2. The Bertz CT molecular complexity index is 1490. The zero-order valence-electron chi connectivity index (χ0n) is 28.5. The lowest BCUT2D eigenvalue weighted by atomic mass is 9.93. The molecular formula is C35H47N5O10. The van der Waals surface area contributed by atoms with Gasteiger partial charge in [0.1, 0.15) is 30.5 Å². The molecule has 6 atom stereocenters. The van der Waals surface area contributed by atoms with Gasteiger partial charge in [0.15, 0.2) is 0 Å². The highest BCUT2D eigenvalue weighted by Crippen LogP contribution is 2.25. The van der Waals surface area contributed by atoms with Crippen LogP contribution in [0.4, 0.5) is 0 Å². The summed E-state index contributed by atoms with van der Waals surface area (Å²) in [5.41, 5.74) is 6.69. The zero-order chi connectivity index (χ0) is 36.8. The van der Waals surface area contributed by atoms with E-state index in [1.807, 2.05) is 30.3 Å². The summed E-state index contributed by atoms with van der Waals surface area (Å²) >= 11 is 0. The molecule has 2 aromatic carbocycles. The van der Waals surface area contributed by atoms with Crippen LogP contribution in [0, 0.1) is 0 Å². The van der Waals surface area contributed by atoms with Crippen LogP contribution in [0.25, 0.3) is 0 Å². The van der Waals surface area contributed by atoms with Gasteiger partial charge >= 0.3 is 5.97 Å². The van der Waals surface area contributed by atoms with E-state index in [0.29, 0.717) is 30.8 Å². The number of aliphatic carboxylic acids is 1. The Morgan fingerprint density at radius 3 is 2.28 bits per heavy atom. The largest absolute Gasteiger partial charge is 0.489 e. The molecule has 1 heterocycles. The van der Waals surface area contributed by atoms with Gasteiger partial charge < -0.3 is 46.3 Å². The number of carbonyl (C=O) groups is 6. The number of amides is 5. The lowest BCUT2D eigenvalue weighted by Gasteiger charge is -2.42. The van der Waals surface area contributed by atoms with Gasteiger partial charge in [0, 0.05) is 32.1 Å². The Morgan fingerprint density at radius 1 is 0.960 bits per heavy atom. The number of methoxy groups -OCH3 is 1. The summed E-state index contributed by atoms with van der Waals surface area (Å²) in [6.07, 6.45) is -1.84. The number of aliphatic hydroxyl groups excluding tert-OH is 1. The van der Waals surface area contributed by atoms with Gasteiger partial charge in [0.2, 0.25) is 29.5 Å². The van der Waals surface area contributed by atoms with Gasteiger partial charge in [0.25, 0.3) is 0 Å². The first-order chi connectivity index (χ1) is 23.8. The molecule has 5 amide bonds. The van der Waals surface area contributed by atoms with E-state index < -0.39 is 71.9 Å². The summed E-state index contributed by atoms with van der Waals surface area (Å²) in [6, 6.07) is 11.9. The van der Waals surface area contributed by atoms with E-state index >= 15 is 0 Å². The normalized spacial score (nSPS) is 18.1. The summed E-state index contributed by atoms with van der Waals surface area (Å²) in [5, 5.41) is 27.6. The minimum atomic E-state index is -1.43. The number of likely N-dealkylation sites (tertiary alicyclic amines) is 1. The van der Waals surface area contributed by atoms with Gasteiger partial charge in [0.05, 0.1) is 24.7 Å². The monoisotopic (exact) mass is 697 g/mol. The molecule has 0 saturated carbocycles. The number of carbonyl (C=O) groups excluding carboxylic acids is 5. The summed E-state index contributed by atoms with van der Waals surface area (Å²) in [7, 11) is 1.42. The minimum absolute atomic E-state index is 0.0808. The number of nitrogens with zero attached hydrogens (tertiary/aromatic N) is 1. The van der Waals surface area contributed by atoms with E-state index in [1.165, 1.54) is 25.9 Å². The fourth-order valence-electron chi connectivity index (χ4n) is 5.70. The van der Waals surface area contributed by atoms with Gasteiger partial charge in [-0.05, 0) is 44.7 Å². The molecule has 0 unspecified atom stereocenters. The quantitative estimate of drug-likeness (QED) is 0.126. The highest BCUT2D eigenvalue weighted by Gasteiger charge is 2.41. The summed E-state index contributed by atoms with van der Waals surface area (Å²) in [4.78, 5) is 77.2. The van der Waals surface area contributed by atoms with Crippen LogP contribution in [0.5, 0.6) is 5.75 Å². The molecule has 3 rings (SSSR count). The average molecular weight is 698 g/mol. The molecule has 1 saturated heterocycles. The van der Waals surface area contributed by atoms with Crippen molar-refractivity contribution < 1.29 is 48.5 Å². The fourth-order valence-corrected chi connectivity index (χ4v) is 5.70. The number of carboxylic acid groups (broad SMARTS) is 1. The zero-order valence-corrected chi connectivity index (χ0v) is 28.5. The smallest absolute Gasteiger partial charge is 0.326 e. The van der Waals surface area contributed by atoms with Crippen molar-refractivity contribution in [3.05, 3.63) is 65.7 Å². The Balaban J connectivity index is 1.64. The van der Waals surface area contributed by atoms with E-state index in [9.17, 15) is 39.0 Å². The molecule has 50 heavy (non-hydrogen) atoms. The third-order valence-corrected chi connectivity index (χ3v) is 8.39. The summed E-state index contributed by atoms with van der Waals surface area (Å²) < 4.78 is 11.5. The number of primary amides is 1. The first kappa shape index (κ1) is 39.4. The third kappa shape index (κ3) is 11.8. The number of rotatable bonds is 18. The van der Waals surface area contributed by atoms with Crippen molar-refractivity contribution in [2.75, 3.05) is 13.7 Å². The van der Waals surface area contributed by atoms with E-state index in [4.69, 9.17) is 15.2 Å². The standard InChI is InChI=1S/C35H47N5O10/c1-21(37-30(43)18-24-12-7-8-13-27(24)50-20-23-10-5-4-6-11-23)33(45)39-32(22(2)41)34(46)40-17-9-14-28(49-3)26(40)19-31(44)38-25(35(47)48)15-16-29(36)42/h4-8,10-13,21-22,25-26,28,32,41H,9,14-20H2,1-3H3,(H2,36,42)(H,37,43)(H,38,44)(H,39,45)(H,47,48)/t21-,22-,25-,26-,28-,32-/m0/s1. The predicted octanol–water partition coefficient (Wildman–Crippen LogP) is 0.409. The maximum absolute atomic E-state index is 13.8. The van der Waals surface area contributed by atoms with Gasteiger partial charge in [-0.2, -0.15) is 0 Å².